The summed E-state index contributed by atoms with van der Waals surface area (Å²) in [4.78, 5) is 11.6. The Bertz CT molecular complexity index is 574. The van der Waals surface area contributed by atoms with Crippen molar-refractivity contribution in [3.05, 3.63) is 33.6 Å². The molecule has 0 amide bonds. The number of hydrogen-bond acceptors (Lipinski definition) is 3. The van der Waals surface area contributed by atoms with Crippen molar-refractivity contribution in [1.29, 1.82) is 0 Å². The first kappa shape index (κ1) is 10.6. The molecule has 0 spiro atoms. The molecule has 6 heteroatoms. The fourth-order valence-corrected chi connectivity index (χ4v) is 1.69. The van der Waals surface area contributed by atoms with Crippen LogP contribution in [0.4, 0.5) is 5.82 Å². The van der Waals surface area contributed by atoms with Crippen LogP contribution in [0.5, 0.6) is 5.75 Å². The van der Waals surface area contributed by atoms with Crippen molar-refractivity contribution in [2.24, 2.45) is 0 Å². The molecule has 1 aromatic carbocycles. The minimum Gasteiger partial charge on any atom is -0.496 e. The molecule has 0 saturated carbocycles. The number of hydrogen-bond donors (Lipinski definition) is 3. The monoisotopic (exact) mass is 239 g/mol. The molecule has 0 aliphatic rings. The predicted molar refractivity (Wildman–Crippen MR) is 62.8 cm³/mol. The first-order valence-corrected chi connectivity index (χ1v) is 4.91. The maximum absolute atomic E-state index is 11.6. The van der Waals surface area contributed by atoms with Gasteiger partial charge in [-0.3, -0.25) is 15.0 Å². The second kappa shape index (κ2) is 3.94. The summed E-state index contributed by atoms with van der Waals surface area (Å²) in [6, 6.07) is 5.00. The zero-order valence-corrected chi connectivity index (χ0v) is 9.26. The Morgan fingerprint density at radius 2 is 2.12 bits per heavy atom. The van der Waals surface area contributed by atoms with E-state index in [4.69, 9.17) is 22.1 Å². The Hall–Kier alpha value is -1.88. The molecule has 0 atom stereocenters. The van der Waals surface area contributed by atoms with E-state index in [-0.39, 0.29) is 11.4 Å². The summed E-state index contributed by atoms with van der Waals surface area (Å²) < 4.78 is 5.15. The average Bonchev–Trinajstić information content (AvgIpc) is 2.58. The van der Waals surface area contributed by atoms with E-state index in [0.717, 1.165) is 0 Å². The lowest BCUT2D eigenvalue weighted by molar-refractivity contribution is 0.416. The third-order valence-electron chi connectivity index (χ3n) is 2.24. The maximum Gasteiger partial charge on any atom is 0.274 e. The summed E-state index contributed by atoms with van der Waals surface area (Å²) in [5, 5.41) is 5.46. The zero-order chi connectivity index (χ0) is 11.7. The highest BCUT2D eigenvalue weighted by molar-refractivity contribution is 6.31. The fourth-order valence-electron chi connectivity index (χ4n) is 1.51. The van der Waals surface area contributed by atoms with E-state index >= 15 is 0 Å². The van der Waals surface area contributed by atoms with Crippen molar-refractivity contribution in [2.45, 2.75) is 0 Å². The SMILES string of the molecule is COc1ccc(Cl)cc1-c1c(N)[nH][nH]c1=O. The van der Waals surface area contributed by atoms with E-state index in [1.807, 2.05) is 0 Å². The molecule has 0 aliphatic carbocycles. The van der Waals surface area contributed by atoms with Crippen LogP contribution in [0.3, 0.4) is 0 Å². The average molecular weight is 240 g/mol. The number of nitrogen functional groups attached to an aromatic ring is 1. The van der Waals surface area contributed by atoms with Gasteiger partial charge in [0.1, 0.15) is 11.6 Å². The minimum absolute atomic E-state index is 0.255. The molecule has 16 heavy (non-hydrogen) atoms. The van der Waals surface area contributed by atoms with E-state index < -0.39 is 0 Å². The Morgan fingerprint density at radius 1 is 1.38 bits per heavy atom. The van der Waals surface area contributed by atoms with Gasteiger partial charge in [-0.1, -0.05) is 11.6 Å². The number of aromatic nitrogens is 2. The highest BCUT2D eigenvalue weighted by Gasteiger charge is 2.14. The molecule has 0 fully saturated rings. The molecule has 0 aliphatic heterocycles. The van der Waals surface area contributed by atoms with E-state index in [1.54, 1.807) is 18.2 Å². The van der Waals surface area contributed by atoms with Gasteiger partial charge < -0.3 is 10.5 Å². The van der Waals surface area contributed by atoms with Crippen molar-refractivity contribution in [2.75, 3.05) is 12.8 Å². The van der Waals surface area contributed by atoms with Gasteiger partial charge in [-0.05, 0) is 18.2 Å². The third kappa shape index (κ3) is 1.65. The van der Waals surface area contributed by atoms with E-state index in [0.29, 0.717) is 21.9 Å². The highest BCUT2D eigenvalue weighted by atomic mass is 35.5. The van der Waals surface area contributed by atoms with Crippen LogP contribution in [-0.2, 0) is 0 Å². The number of nitrogens with one attached hydrogen (secondary N) is 2. The molecule has 2 rings (SSSR count). The normalized spacial score (nSPS) is 10.4. The number of methoxy groups -OCH3 is 1. The Kier molecular flexibility index (Phi) is 2.62. The summed E-state index contributed by atoms with van der Waals surface area (Å²) in [6.07, 6.45) is 0. The minimum atomic E-state index is -0.307. The molecule has 2 aromatic rings. The lowest BCUT2D eigenvalue weighted by atomic mass is 10.1. The summed E-state index contributed by atoms with van der Waals surface area (Å²) in [5.41, 5.74) is 6.25. The number of rotatable bonds is 2. The lowest BCUT2D eigenvalue weighted by Crippen LogP contribution is -2.03. The summed E-state index contributed by atoms with van der Waals surface area (Å²) in [5.74, 6) is 0.798. The van der Waals surface area contributed by atoms with Gasteiger partial charge >= 0.3 is 0 Å². The summed E-state index contributed by atoms with van der Waals surface area (Å²) in [6.45, 7) is 0. The number of aromatic amines is 2. The Labute approximate surface area is 96.2 Å². The van der Waals surface area contributed by atoms with Gasteiger partial charge in [0.05, 0.1) is 12.7 Å². The van der Waals surface area contributed by atoms with Crippen molar-refractivity contribution >= 4 is 17.4 Å². The standard InChI is InChI=1S/C10H10ClN3O2/c1-16-7-3-2-5(11)4-6(7)8-9(12)13-14-10(8)15/h2-4H,1H3,(H4,12,13,14,15). The van der Waals surface area contributed by atoms with Gasteiger partial charge in [-0.2, -0.15) is 0 Å². The fraction of sp³-hybridized carbons (Fsp3) is 0.100. The van der Waals surface area contributed by atoms with Crippen LogP contribution in [0.15, 0.2) is 23.0 Å². The molecule has 0 radical (unpaired) electrons. The van der Waals surface area contributed by atoms with Crippen LogP contribution in [0.2, 0.25) is 5.02 Å². The highest BCUT2D eigenvalue weighted by Crippen LogP contribution is 2.32. The van der Waals surface area contributed by atoms with Crippen molar-refractivity contribution in [3.8, 4) is 16.9 Å². The second-order valence-electron chi connectivity index (χ2n) is 3.21. The number of H-pyrrole nitrogens is 2. The molecule has 5 nitrogen and oxygen atoms in total. The maximum atomic E-state index is 11.6. The van der Waals surface area contributed by atoms with Gasteiger partial charge in [0.25, 0.3) is 5.56 Å². The molecule has 0 bridgehead atoms. The quantitative estimate of drug-likeness (QED) is 0.745. The zero-order valence-electron chi connectivity index (χ0n) is 8.50. The predicted octanol–water partition coefficient (Wildman–Crippen LogP) is 1.61. The summed E-state index contributed by atoms with van der Waals surface area (Å²) >= 11 is 5.88. The van der Waals surface area contributed by atoms with Crippen molar-refractivity contribution in [1.82, 2.24) is 10.2 Å². The first-order valence-electron chi connectivity index (χ1n) is 4.53. The van der Waals surface area contributed by atoms with Crippen molar-refractivity contribution < 1.29 is 4.74 Å². The molecule has 4 N–H and O–H groups in total. The number of anilines is 1. The van der Waals surface area contributed by atoms with Crippen LogP contribution in [-0.4, -0.2) is 17.3 Å². The molecule has 1 heterocycles. The van der Waals surface area contributed by atoms with Crippen LogP contribution in [0, 0.1) is 0 Å². The van der Waals surface area contributed by atoms with E-state index in [9.17, 15) is 4.79 Å². The molecule has 84 valence electrons. The van der Waals surface area contributed by atoms with Gasteiger partial charge in [0.2, 0.25) is 0 Å². The third-order valence-corrected chi connectivity index (χ3v) is 2.47. The van der Waals surface area contributed by atoms with Crippen molar-refractivity contribution in [3.63, 3.8) is 0 Å². The topological polar surface area (TPSA) is 83.9 Å². The first-order chi connectivity index (χ1) is 7.63. The number of ether oxygens (including phenoxy) is 1. The number of nitrogens with two attached hydrogens (primary N) is 1. The molecule has 0 saturated heterocycles. The lowest BCUT2D eigenvalue weighted by Gasteiger charge is -2.07. The van der Waals surface area contributed by atoms with Crippen LogP contribution < -0.4 is 16.0 Å². The van der Waals surface area contributed by atoms with Gasteiger partial charge in [-0.15, -0.1) is 0 Å². The number of halogens is 1. The summed E-state index contributed by atoms with van der Waals surface area (Å²) in [7, 11) is 1.52. The molecular weight excluding hydrogens is 230 g/mol. The molecular formula is C10H10ClN3O2. The van der Waals surface area contributed by atoms with Crippen LogP contribution in [0.1, 0.15) is 0 Å². The van der Waals surface area contributed by atoms with Crippen LogP contribution in [0.25, 0.3) is 11.1 Å². The number of benzene rings is 1. The second-order valence-corrected chi connectivity index (χ2v) is 3.65. The smallest absolute Gasteiger partial charge is 0.274 e. The Morgan fingerprint density at radius 3 is 2.69 bits per heavy atom. The van der Waals surface area contributed by atoms with E-state index in [1.165, 1.54) is 7.11 Å². The Balaban J connectivity index is 2.72. The van der Waals surface area contributed by atoms with Crippen LogP contribution >= 0.6 is 11.6 Å². The van der Waals surface area contributed by atoms with Gasteiger partial charge in [-0.25, -0.2) is 0 Å². The van der Waals surface area contributed by atoms with E-state index in [2.05, 4.69) is 10.2 Å². The van der Waals surface area contributed by atoms with Gasteiger partial charge in [0.15, 0.2) is 0 Å². The largest absolute Gasteiger partial charge is 0.496 e. The van der Waals surface area contributed by atoms with Gasteiger partial charge in [0, 0.05) is 10.6 Å². The molecule has 1 aromatic heterocycles. The molecule has 0 unspecified atom stereocenters.